The van der Waals surface area contributed by atoms with Gasteiger partial charge in [0.1, 0.15) is 0 Å². The lowest BCUT2D eigenvalue weighted by Crippen LogP contribution is -2.48. The standard InChI is InChI=1S/C21H26ClN3O4S/c1-29-15-5-10-23-21(26)19-16-18(8-9-20(19)22)30(27,28)25-13-11-24(12-14-25)17-6-3-2-4-7-17/h2-4,6-9,16H,5,10-15H2,1H3,(H,23,26). The van der Waals surface area contributed by atoms with E-state index in [4.69, 9.17) is 16.3 Å². The van der Waals surface area contributed by atoms with Crippen LogP contribution >= 0.6 is 11.6 Å². The smallest absolute Gasteiger partial charge is 0.252 e. The molecule has 1 aliphatic rings. The number of ether oxygens (including phenoxy) is 1. The van der Waals surface area contributed by atoms with E-state index in [0.717, 1.165) is 5.69 Å². The number of nitrogens with one attached hydrogen (secondary N) is 1. The van der Waals surface area contributed by atoms with Crippen molar-refractivity contribution in [2.75, 3.05) is 51.3 Å². The van der Waals surface area contributed by atoms with Crippen molar-refractivity contribution in [1.82, 2.24) is 9.62 Å². The zero-order valence-electron chi connectivity index (χ0n) is 16.9. The molecule has 0 aliphatic carbocycles. The van der Waals surface area contributed by atoms with Crippen LogP contribution in [0.1, 0.15) is 16.8 Å². The van der Waals surface area contributed by atoms with Crippen molar-refractivity contribution >= 4 is 33.2 Å². The van der Waals surface area contributed by atoms with Gasteiger partial charge in [-0.05, 0) is 36.8 Å². The summed E-state index contributed by atoms with van der Waals surface area (Å²) in [5.41, 5.74) is 1.23. The van der Waals surface area contributed by atoms with Crippen LogP contribution in [0.2, 0.25) is 5.02 Å². The maximum atomic E-state index is 13.1. The van der Waals surface area contributed by atoms with Gasteiger partial charge in [-0.25, -0.2) is 8.42 Å². The van der Waals surface area contributed by atoms with Gasteiger partial charge in [0.2, 0.25) is 10.0 Å². The number of rotatable bonds is 8. The van der Waals surface area contributed by atoms with Crippen molar-refractivity contribution in [1.29, 1.82) is 0 Å². The van der Waals surface area contributed by atoms with Crippen LogP contribution in [0.3, 0.4) is 0 Å². The second-order valence-corrected chi connectivity index (χ2v) is 9.32. The Morgan fingerprint density at radius 3 is 2.47 bits per heavy atom. The summed E-state index contributed by atoms with van der Waals surface area (Å²) < 4.78 is 32.7. The number of carbonyl (C=O) groups is 1. The zero-order chi connectivity index (χ0) is 21.6. The summed E-state index contributed by atoms with van der Waals surface area (Å²) in [7, 11) is -2.13. The van der Waals surface area contributed by atoms with Crippen LogP contribution < -0.4 is 10.2 Å². The second-order valence-electron chi connectivity index (χ2n) is 6.97. The number of carbonyl (C=O) groups excluding carboxylic acids is 1. The van der Waals surface area contributed by atoms with Gasteiger partial charge in [-0.3, -0.25) is 4.79 Å². The molecule has 1 N–H and O–H groups in total. The largest absolute Gasteiger partial charge is 0.385 e. The number of methoxy groups -OCH3 is 1. The van der Waals surface area contributed by atoms with Crippen LogP contribution in [0.15, 0.2) is 53.4 Å². The first-order valence-electron chi connectivity index (χ1n) is 9.80. The Morgan fingerprint density at radius 2 is 1.80 bits per heavy atom. The van der Waals surface area contributed by atoms with E-state index >= 15 is 0 Å². The van der Waals surface area contributed by atoms with Crippen LogP contribution in [-0.4, -0.2) is 65.1 Å². The first-order chi connectivity index (χ1) is 14.4. The van der Waals surface area contributed by atoms with Gasteiger partial charge in [0, 0.05) is 52.1 Å². The minimum Gasteiger partial charge on any atom is -0.385 e. The van der Waals surface area contributed by atoms with E-state index in [1.165, 1.54) is 22.5 Å². The van der Waals surface area contributed by atoms with Crippen LogP contribution in [0.5, 0.6) is 0 Å². The van der Waals surface area contributed by atoms with Crippen molar-refractivity contribution < 1.29 is 17.9 Å². The molecular weight excluding hydrogens is 426 g/mol. The number of benzene rings is 2. The molecule has 0 radical (unpaired) electrons. The molecule has 3 rings (SSSR count). The SMILES string of the molecule is COCCCNC(=O)c1cc(S(=O)(=O)N2CCN(c3ccccc3)CC2)ccc1Cl. The molecule has 9 heteroatoms. The Bertz CT molecular complexity index is 961. The molecular formula is C21H26ClN3O4S. The van der Waals surface area contributed by atoms with Gasteiger partial charge in [-0.15, -0.1) is 0 Å². The molecule has 7 nitrogen and oxygen atoms in total. The van der Waals surface area contributed by atoms with Gasteiger partial charge in [0.25, 0.3) is 5.91 Å². The Morgan fingerprint density at radius 1 is 1.10 bits per heavy atom. The zero-order valence-corrected chi connectivity index (χ0v) is 18.5. The van der Waals surface area contributed by atoms with Crippen molar-refractivity contribution in [2.24, 2.45) is 0 Å². The fourth-order valence-corrected chi connectivity index (χ4v) is 4.98. The summed E-state index contributed by atoms with van der Waals surface area (Å²) in [5, 5.41) is 2.95. The maximum absolute atomic E-state index is 13.1. The molecule has 1 fully saturated rings. The first-order valence-corrected chi connectivity index (χ1v) is 11.6. The Balaban J connectivity index is 1.69. The third-order valence-electron chi connectivity index (χ3n) is 4.99. The van der Waals surface area contributed by atoms with Crippen LogP contribution in [0.25, 0.3) is 0 Å². The van der Waals surface area contributed by atoms with Gasteiger partial charge in [-0.2, -0.15) is 4.31 Å². The number of hydrogen-bond acceptors (Lipinski definition) is 5. The number of para-hydroxylation sites is 1. The van der Waals surface area contributed by atoms with Crippen LogP contribution in [-0.2, 0) is 14.8 Å². The molecule has 1 amide bonds. The van der Waals surface area contributed by atoms with Crippen molar-refractivity contribution in [3.8, 4) is 0 Å². The first kappa shape index (κ1) is 22.6. The number of amides is 1. The normalized spacial score (nSPS) is 15.2. The van der Waals surface area contributed by atoms with E-state index < -0.39 is 15.9 Å². The summed E-state index contributed by atoms with van der Waals surface area (Å²) in [5.74, 6) is -0.401. The molecule has 1 saturated heterocycles. The molecule has 2 aromatic carbocycles. The van der Waals surface area contributed by atoms with Gasteiger partial charge in [0.05, 0.1) is 15.5 Å². The summed E-state index contributed by atoms with van der Waals surface area (Å²) in [6, 6.07) is 14.2. The monoisotopic (exact) mass is 451 g/mol. The predicted molar refractivity (Wildman–Crippen MR) is 118 cm³/mol. The Hall–Kier alpha value is -2.13. The molecule has 1 aliphatic heterocycles. The maximum Gasteiger partial charge on any atom is 0.252 e. The molecule has 0 saturated carbocycles. The van der Waals surface area contributed by atoms with Gasteiger partial charge >= 0.3 is 0 Å². The van der Waals surface area contributed by atoms with E-state index in [2.05, 4.69) is 10.2 Å². The predicted octanol–water partition coefficient (Wildman–Crippen LogP) is 2.62. The molecule has 0 unspecified atom stereocenters. The molecule has 0 spiro atoms. The number of nitrogens with zero attached hydrogens (tertiary/aromatic N) is 2. The molecule has 162 valence electrons. The quantitative estimate of drug-likeness (QED) is 0.624. The topological polar surface area (TPSA) is 78.9 Å². The van der Waals surface area contributed by atoms with E-state index in [-0.39, 0.29) is 15.5 Å². The van der Waals surface area contributed by atoms with Crippen LogP contribution in [0, 0.1) is 0 Å². The number of hydrogen-bond donors (Lipinski definition) is 1. The Kier molecular flexibility index (Phi) is 7.71. The summed E-state index contributed by atoms with van der Waals surface area (Å²) in [6.45, 7) is 2.89. The fraction of sp³-hybridized carbons (Fsp3) is 0.381. The molecule has 0 bridgehead atoms. The highest BCUT2D eigenvalue weighted by Gasteiger charge is 2.29. The van der Waals surface area contributed by atoms with E-state index in [1.54, 1.807) is 7.11 Å². The highest BCUT2D eigenvalue weighted by atomic mass is 35.5. The van der Waals surface area contributed by atoms with Crippen molar-refractivity contribution in [2.45, 2.75) is 11.3 Å². The number of anilines is 1. The average Bonchev–Trinajstić information content (AvgIpc) is 2.77. The fourth-order valence-electron chi connectivity index (χ4n) is 3.33. The summed E-state index contributed by atoms with van der Waals surface area (Å²) in [6.07, 6.45) is 0.656. The molecule has 1 heterocycles. The lowest BCUT2D eigenvalue weighted by atomic mass is 10.2. The highest BCUT2D eigenvalue weighted by Crippen LogP contribution is 2.25. The lowest BCUT2D eigenvalue weighted by molar-refractivity contribution is 0.0948. The van der Waals surface area contributed by atoms with Gasteiger partial charge in [-0.1, -0.05) is 29.8 Å². The molecule has 2 aromatic rings. The van der Waals surface area contributed by atoms with Gasteiger partial charge in [0.15, 0.2) is 0 Å². The molecule has 0 aromatic heterocycles. The molecule has 0 atom stereocenters. The van der Waals surface area contributed by atoms with Gasteiger partial charge < -0.3 is 15.0 Å². The van der Waals surface area contributed by atoms with Crippen molar-refractivity contribution in [3.05, 3.63) is 59.1 Å². The minimum absolute atomic E-state index is 0.0714. The second kappa shape index (κ2) is 10.3. The minimum atomic E-state index is -3.72. The number of piperazine rings is 1. The number of sulfonamides is 1. The Labute approximate surface area is 182 Å². The third kappa shape index (κ3) is 5.31. The van der Waals surface area contributed by atoms with E-state index in [9.17, 15) is 13.2 Å². The van der Waals surface area contributed by atoms with E-state index in [1.807, 2.05) is 30.3 Å². The number of halogens is 1. The third-order valence-corrected chi connectivity index (χ3v) is 7.22. The van der Waals surface area contributed by atoms with Crippen LogP contribution in [0.4, 0.5) is 5.69 Å². The lowest BCUT2D eigenvalue weighted by Gasteiger charge is -2.35. The summed E-state index contributed by atoms with van der Waals surface area (Å²) >= 11 is 6.15. The van der Waals surface area contributed by atoms with E-state index in [0.29, 0.717) is 45.8 Å². The molecule has 30 heavy (non-hydrogen) atoms. The highest BCUT2D eigenvalue weighted by molar-refractivity contribution is 7.89. The van der Waals surface area contributed by atoms with Crippen molar-refractivity contribution in [3.63, 3.8) is 0 Å². The summed E-state index contributed by atoms with van der Waals surface area (Å²) in [4.78, 5) is 14.7. The average molecular weight is 452 g/mol.